The van der Waals surface area contributed by atoms with Crippen LogP contribution in [0, 0.1) is 5.92 Å². The summed E-state index contributed by atoms with van der Waals surface area (Å²) in [7, 11) is 0. The third kappa shape index (κ3) is 1.70. The molecule has 4 nitrogen and oxygen atoms in total. The highest BCUT2D eigenvalue weighted by atomic mass is 35.5. The van der Waals surface area contributed by atoms with Gasteiger partial charge >= 0.3 is 0 Å². The number of fused-ring (bicyclic) bond motifs is 1. The molecular weight excluding hydrogens is 200 g/mol. The molecule has 14 heavy (non-hydrogen) atoms. The smallest absolute Gasteiger partial charge is 0.131 e. The Morgan fingerprint density at radius 1 is 1.50 bits per heavy atom. The molecule has 0 aromatic carbocycles. The van der Waals surface area contributed by atoms with Crippen LogP contribution in [0.15, 0.2) is 12.3 Å². The second-order valence-corrected chi connectivity index (χ2v) is 4.05. The summed E-state index contributed by atoms with van der Waals surface area (Å²) in [4.78, 5) is 3.95. The van der Waals surface area contributed by atoms with E-state index in [1.807, 2.05) is 4.68 Å². The van der Waals surface area contributed by atoms with Crippen LogP contribution in [-0.4, -0.2) is 20.0 Å². The van der Waals surface area contributed by atoms with E-state index in [0.29, 0.717) is 11.1 Å². The zero-order valence-electron chi connectivity index (χ0n) is 8.11. The number of pyridine rings is 1. The Hall–Kier alpha value is -1.16. The summed E-state index contributed by atoms with van der Waals surface area (Å²) in [6.07, 6.45) is 1.64. The molecule has 0 radical (unpaired) electrons. The van der Waals surface area contributed by atoms with Gasteiger partial charge in [0, 0.05) is 12.6 Å². The van der Waals surface area contributed by atoms with Crippen molar-refractivity contribution in [3.63, 3.8) is 0 Å². The first-order valence-electron chi connectivity index (χ1n) is 4.51. The Kier molecular flexibility index (Phi) is 2.37. The van der Waals surface area contributed by atoms with Gasteiger partial charge in [-0.05, 0) is 5.92 Å². The lowest BCUT2D eigenvalue weighted by atomic mass is 10.2. The lowest BCUT2D eigenvalue weighted by Gasteiger charge is -2.04. The molecule has 0 saturated carbocycles. The van der Waals surface area contributed by atoms with E-state index in [1.54, 1.807) is 12.3 Å². The maximum Gasteiger partial charge on any atom is 0.131 e. The number of rotatable bonds is 2. The summed E-state index contributed by atoms with van der Waals surface area (Å²) in [6, 6.07) is 1.79. The van der Waals surface area contributed by atoms with Crippen LogP contribution in [0.25, 0.3) is 11.0 Å². The van der Waals surface area contributed by atoms with Crippen molar-refractivity contribution < 1.29 is 0 Å². The van der Waals surface area contributed by atoms with E-state index in [9.17, 15) is 0 Å². The Labute approximate surface area is 86.9 Å². The van der Waals surface area contributed by atoms with Crippen LogP contribution in [0.2, 0.25) is 5.15 Å². The lowest BCUT2D eigenvalue weighted by molar-refractivity contribution is 0.483. The molecule has 2 aromatic rings. The first kappa shape index (κ1) is 9.40. The van der Waals surface area contributed by atoms with Crippen LogP contribution in [0.4, 0.5) is 0 Å². The monoisotopic (exact) mass is 210 g/mol. The van der Waals surface area contributed by atoms with Crippen LogP contribution >= 0.6 is 11.6 Å². The van der Waals surface area contributed by atoms with Gasteiger partial charge in [0.15, 0.2) is 0 Å². The van der Waals surface area contributed by atoms with Crippen LogP contribution in [0.5, 0.6) is 0 Å². The fraction of sp³-hybridized carbons (Fsp3) is 0.444. The molecule has 2 heterocycles. The van der Waals surface area contributed by atoms with E-state index < -0.39 is 0 Å². The molecule has 0 aliphatic heterocycles. The van der Waals surface area contributed by atoms with E-state index in [0.717, 1.165) is 17.6 Å². The van der Waals surface area contributed by atoms with E-state index in [2.05, 4.69) is 29.1 Å². The van der Waals surface area contributed by atoms with Gasteiger partial charge in [0.05, 0.1) is 11.7 Å². The maximum atomic E-state index is 5.80. The molecule has 0 aliphatic carbocycles. The van der Waals surface area contributed by atoms with Crippen LogP contribution in [0.1, 0.15) is 13.8 Å². The van der Waals surface area contributed by atoms with Gasteiger partial charge in [-0.3, -0.25) is 0 Å². The van der Waals surface area contributed by atoms with Crippen molar-refractivity contribution in [2.24, 2.45) is 5.92 Å². The normalized spacial score (nSPS) is 11.4. The van der Waals surface area contributed by atoms with Crippen molar-refractivity contribution in [1.29, 1.82) is 0 Å². The van der Waals surface area contributed by atoms with Gasteiger partial charge in [0.2, 0.25) is 0 Å². The molecule has 0 unspecified atom stereocenters. The molecule has 0 bridgehead atoms. The van der Waals surface area contributed by atoms with Crippen molar-refractivity contribution in [3.8, 4) is 0 Å². The molecule has 0 amide bonds. The van der Waals surface area contributed by atoms with Crippen molar-refractivity contribution in [3.05, 3.63) is 17.4 Å². The predicted molar refractivity (Wildman–Crippen MR) is 55.2 cm³/mol. The molecule has 2 aromatic heterocycles. The zero-order valence-corrected chi connectivity index (χ0v) is 8.86. The SMILES string of the molecule is CC(C)Cn1nnc2cnc(Cl)cc21. The number of nitrogens with zero attached hydrogens (tertiary/aromatic N) is 4. The van der Waals surface area contributed by atoms with E-state index in [4.69, 9.17) is 11.6 Å². The minimum absolute atomic E-state index is 0.477. The molecule has 2 rings (SSSR count). The van der Waals surface area contributed by atoms with Crippen LogP contribution in [0.3, 0.4) is 0 Å². The first-order chi connectivity index (χ1) is 6.66. The summed E-state index contributed by atoms with van der Waals surface area (Å²) in [5, 5.41) is 8.53. The van der Waals surface area contributed by atoms with Gasteiger partial charge in [0.25, 0.3) is 0 Å². The van der Waals surface area contributed by atoms with Crippen LogP contribution < -0.4 is 0 Å². The highest BCUT2D eigenvalue weighted by molar-refractivity contribution is 6.29. The van der Waals surface area contributed by atoms with Gasteiger partial charge in [-0.25, -0.2) is 9.67 Å². The van der Waals surface area contributed by atoms with Gasteiger partial charge in [-0.2, -0.15) is 0 Å². The maximum absolute atomic E-state index is 5.80. The number of hydrogen-bond acceptors (Lipinski definition) is 3. The van der Waals surface area contributed by atoms with E-state index in [-0.39, 0.29) is 0 Å². The average Bonchev–Trinajstić information content (AvgIpc) is 2.47. The third-order valence-electron chi connectivity index (χ3n) is 1.91. The summed E-state index contributed by atoms with van der Waals surface area (Å²) >= 11 is 5.80. The molecule has 5 heteroatoms. The van der Waals surface area contributed by atoms with Gasteiger partial charge in [0.1, 0.15) is 10.7 Å². The molecule has 0 fully saturated rings. The highest BCUT2D eigenvalue weighted by Gasteiger charge is 2.06. The zero-order chi connectivity index (χ0) is 10.1. The molecular formula is C9H11ClN4. The standard InChI is InChI=1S/C9H11ClN4/c1-6(2)5-14-8-3-9(10)11-4-7(8)12-13-14/h3-4,6H,5H2,1-2H3. The predicted octanol–water partition coefficient (Wildman–Crippen LogP) is 2.14. The summed E-state index contributed by atoms with van der Waals surface area (Å²) < 4.78 is 1.85. The number of aromatic nitrogens is 4. The fourth-order valence-corrected chi connectivity index (χ4v) is 1.48. The minimum atomic E-state index is 0.477. The Morgan fingerprint density at radius 2 is 2.29 bits per heavy atom. The van der Waals surface area contributed by atoms with Gasteiger partial charge < -0.3 is 0 Å². The molecule has 0 N–H and O–H groups in total. The quantitative estimate of drug-likeness (QED) is 0.714. The summed E-state index contributed by atoms with van der Waals surface area (Å²) in [5.41, 5.74) is 1.73. The minimum Gasteiger partial charge on any atom is -0.244 e. The molecule has 0 aliphatic rings. The van der Waals surface area contributed by atoms with Crippen LogP contribution in [-0.2, 0) is 6.54 Å². The Morgan fingerprint density at radius 3 is 3.00 bits per heavy atom. The van der Waals surface area contributed by atoms with Crippen molar-refractivity contribution in [2.45, 2.75) is 20.4 Å². The third-order valence-corrected chi connectivity index (χ3v) is 2.11. The second kappa shape index (κ2) is 3.53. The fourth-order valence-electron chi connectivity index (χ4n) is 1.33. The van der Waals surface area contributed by atoms with E-state index in [1.165, 1.54) is 0 Å². The topological polar surface area (TPSA) is 43.6 Å². The number of halogens is 1. The second-order valence-electron chi connectivity index (χ2n) is 3.66. The van der Waals surface area contributed by atoms with Gasteiger partial charge in [-0.1, -0.05) is 30.7 Å². The molecule has 74 valence electrons. The molecule has 0 atom stereocenters. The summed E-state index contributed by atoms with van der Waals surface area (Å²) in [5.74, 6) is 0.534. The van der Waals surface area contributed by atoms with Gasteiger partial charge in [-0.15, -0.1) is 5.10 Å². The van der Waals surface area contributed by atoms with Crippen molar-refractivity contribution in [1.82, 2.24) is 20.0 Å². The Bertz CT molecular complexity index is 449. The molecule has 0 spiro atoms. The first-order valence-corrected chi connectivity index (χ1v) is 4.89. The largest absolute Gasteiger partial charge is 0.244 e. The number of hydrogen-bond donors (Lipinski definition) is 0. The van der Waals surface area contributed by atoms with Crippen molar-refractivity contribution >= 4 is 22.6 Å². The summed E-state index contributed by atoms with van der Waals surface area (Å²) in [6.45, 7) is 5.11. The average molecular weight is 211 g/mol. The Balaban J connectivity index is 2.50. The van der Waals surface area contributed by atoms with Crippen molar-refractivity contribution in [2.75, 3.05) is 0 Å². The van der Waals surface area contributed by atoms with E-state index >= 15 is 0 Å². The highest BCUT2D eigenvalue weighted by Crippen LogP contribution is 2.15. The molecule has 0 saturated heterocycles. The lowest BCUT2D eigenvalue weighted by Crippen LogP contribution is -2.05.